The molecule has 6 N–H and O–H groups in total. The van der Waals surface area contributed by atoms with Gasteiger partial charge in [-0.15, -0.1) is 0 Å². The lowest BCUT2D eigenvalue weighted by Crippen LogP contribution is -2.17. The average molecular weight is 442 g/mol. The number of hydrazone groups is 2. The maximum absolute atomic E-state index is 11.8. The summed E-state index contributed by atoms with van der Waals surface area (Å²) in [6, 6.07) is 8.09. The van der Waals surface area contributed by atoms with E-state index in [2.05, 4.69) is 21.1 Å². The monoisotopic (exact) mass is 442 g/mol. The molecular formula is C22H26N4O6. The molecule has 0 saturated heterocycles. The van der Waals surface area contributed by atoms with Crippen LogP contribution in [-0.4, -0.2) is 44.7 Å². The Bertz CT molecular complexity index is 911. The van der Waals surface area contributed by atoms with Gasteiger partial charge in [-0.3, -0.25) is 9.59 Å². The molecule has 2 aromatic rings. The van der Waals surface area contributed by atoms with E-state index in [4.69, 9.17) is 0 Å². The van der Waals surface area contributed by atoms with Gasteiger partial charge in [0.05, 0.1) is 12.4 Å². The van der Waals surface area contributed by atoms with E-state index in [1.165, 1.54) is 48.8 Å². The van der Waals surface area contributed by atoms with Crippen molar-refractivity contribution in [2.45, 2.75) is 38.5 Å². The Labute approximate surface area is 184 Å². The van der Waals surface area contributed by atoms with E-state index >= 15 is 0 Å². The van der Waals surface area contributed by atoms with Crippen molar-refractivity contribution in [2.24, 2.45) is 10.2 Å². The van der Waals surface area contributed by atoms with Crippen LogP contribution >= 0.6 is 0 Å². The van der Waals surface area contributed by atoms with Crippen molar-refractivity contribution in [2.75, 3.05) is 0 Å². The van der Waals surface area contributed by atoms with E-state index in [9.17, 15) is 30.0 Å². The molecule has 32 heavy (non-hydrogen) atoms. The largest absolute Gasteiger partial charge is 0.508 e. The fourth-order valence-electron chi connectivity index (χ4n) is 2.67. The van der Waals surface area contributed by atoms with Crippen LogP contribution < -0.4 is 10.9 Å². The number of carbonyl (C=O) groups is 2. The molecule has 10 heteroatoms. The fourth-order valence-corrected chi connectivity index (χ4v) is 2.67. The quantitative estimate of drug-likeness (QED) is 0.178. The van der Waals surface area contributed by atoms with Crippen molar-refractivity contribution >= 4 is 24.2 Å². The van der Waals surface area contributed by atoms with Crippen molar-refractivity contribution in [1.82, 2.24) is 10.9 Å². The summed E-state index contributed by atoms with van der Waals surface area (Å²) in [6.45, 7) is 0. The molecule has 170 valence electrons. The summed E-state index contributed by atoms with van der Waals surface area (Å²) in [6.07, 6.45) is 5.98. The first-order valence-corrected chi connectivity index (χ1v) is 10.0. The fraction of sp³-hybridized carbons (Fsp3) is 0.273. The molecule has 2 aromatic carbocycles. The first-order valence-electron chi connectivity index (χ1n) is 10.0. The van der Waals surface area contributed by atoms with Crippen LogP contribution in [-0.2, 0) is 9.59 Å². The number of aromatic hydroxyl groups is 4. The summed E-state index contributed by atoms with van der Waals surface area (Å²) >= 11 is 0. The van der Waals surface area contributed by atoms with Crippen LogP contribution in [0.25, 0.3) is 0 Å². The van der Waals surface area contributed by atoms with Gasteiger partial charge in [-0.25, -0.2) is 10.9 Å². The number of hydrogen-bond acceptors (Lipinski definition) is 8. The first kappa shape index (κ1) is 24.2. The summed E-state index contributed by atoms with van der Waals surface area (Å²) in [4.78, 5) is 23.5. The van der Waals surface area contributed by atoms with E-state index < -0.39 is 0 Å². The van der Waals surface area contributed by atoms with Crippen molar-refractivity contribution in [3.63, 3.8) is 0 Å². The van der Waals surface area contributed by atoms with Crippen LogP contribution in [0.5, 0.6) is 23.0 Å². The molecule has 0 unspecified atom stereocenters. The second-order valence-corrected chi connectivity index (χ2v) is 6.99. The minimum Gasteiger partial charge on any atom is -0.508 e. The third-order valence-corrected chi connectivity index (χ3v) is 4.37. The van der Waals surface area contributed by atoms with Crippen molar-refractivity contribution in [1.29, 1.82) is 0 Å². The minimum atomic E-state index is -0.260. The molecule has 0 atom stereocenters. The highest BCUT2D eigenvalue weighted by molar-refractivity contribution is 5.86. The standard InChI is InChI=1S/C22H26N4O6/c27-17-9-7-15(19(29)11-17)13-23-25-21(31)5-3-1-2-4-6-22(32)26-24-14-16-8-10-18(28)12-20(16)30/h7-14,27-30H,1-6H2,(H,25,31)(H,26,32)/b23-13-,24-14-. The highest BCUT2D eigenvalue weighted by Gasteiger charge is 2.04. The summed E-state index contributed by atoms with van der Waals surface area (Å²) in [5, 5.41) is 45.2. The number of nitrogens with one attached hydrogen (secondary N) is 2. The Balaban J connectivity index is 1.54. The average Bonchev–Trinajstić information content (AvgIpc) is 2.73. The number of carbonyl (C=O) groups excluding carboxylic acids is 2. The molecule has 0 bridgehead atoms. The van der Waals surface area contributed by atoms with E-state index in [-0.39, 0.29) is 47.7 Å². The van der Waals surface area contributed by atoms with Gasteiger partial charge in [0, 0.05) is 36.1 Å². The number of amides is 2. The second-order valence-electron chi connectivity index (χ2n) is 6.99. The van der Waals surface area contributed by atoms with Gasteiger partial charge in [-0.05, 0) is 37.1 Å². The van der Waals surface area contributed by atoms with Crippen LogP contribution in [0, 0.1) is 0 Å². The van der Waals surface area contributed by atoms with Crippen molar-refractivity contribution < 1.29 is 30.0 Å². The first-order chi connectivity index (χ1) is 15.3. The Morgan fingerprint density at radius 1 is 0.688 bits per heavy atom. The molecule has 10 nitrogen and oxygen atoms in total. The molecule has 0 spiro atoms. The van der Waals surface area contributed by atoms with Crippen LogP contribution in [0.4, 0.5) is 0 Å². The van der Waals surface area contributed by atoms with E-state index in [1.807, 2.05) is 0 Å². The summed E-state index contributed by atoms with van der Waals surface area (Å²) in [5.74, 6) is -0.938. The maximum atomic E-state index is 11.8. The van der Waals surface area contributed by atoms with Gasteiger partial charge in [-0.2, -0.15) is 10.2 Å². The van der Waals surface area contributed by atoms with Crippen LogP contribution in [0.15, 0.2) is 46.6 Å². The lowest BCUT2D eigenvalue weighted by molar-refractivity contribution is -0.122. The molecule has 2 amide bonds. The highest BCUT2D eigenvalue weighted by Crippen LogP contribution is 2.21. The lowest BCUT2D eigenvalue weighted by atomic mass is 10.1. The maximum Gasteiger partial charge on any atom is 0.240 e. The van der Waals surface area contributed by atoms with Crippen LogP contribution in [0.3, 0.4) is 0 Å². The number of rotatable bonds is 11. The Hall–Kier alpha value is -4.08. The minimum absolute atomic E-state index is 0.0664. The number of phenols is 4. The third-order valence-electron chi connectivity index (χ3n) is 4.37. The van der Waals surface area contributed by atoms with Gasteiger partial charge >= 0.3 is 0 Å². The Kier molecular flexibility index (Phi) is 9.51. The summed E-state index contributed by atoms with van der Waals surface area (Å²) < 4.78 is 0. The van der Waals surface area contributed by atoms with Gasteiger partial charge in [0.15, 0.2) is 0 Å². The number of benzene rings is 2. The van der Waals surface area contributed by atoms with Gasteiger partial charge in [0.2, 0.25) is 11.8 Å². The molecule has 0 aliphatic carbocycles. The third kappa shape index (κ3) is 8.74. The zero-order chi connectivity index (χ0) is 23.3. The summed E-state index contributed by atoms with van der Waals surface area (Å²) in [7, 11) is 0. The number of nitrogens with zero attached hydrogens (tertiary/aromatic N) is 2. The molecule has 0 fully saturated rings. The molecule has 0 saturated carbocycles. The van der Waals surface area contributed by atoms with Crippen molar-refractivity contribution in [3.05, 3.63) is 47.5 Å². The number of hydrogen-bond donors (Lipinski definition) is 6. The van der Waals surface area contributed by atoms with Gasteiger partial charge < -0.3 is 20.4 Å². The lowest BCUT2D eigenvalue weighted by Gasteiger charge is -2.03. The second kappa shape index (κ2) is 12.6. The van der Waals surface area contributed by atoms with Crippen molar-refractivity contribution in [3.8, 4) is 23.0 Å². The van der Waals surface area contributed by atoms with Crippen LogP contribution in [0.2, 0.25) is 0 Å². The molecule has 0 radical (unpaired) electrons. The highest BCUT2D eigenvalue weighted by atomic mass is 16.3. The topological polar surface area (TPSA) is 164 Å². The molecular weight excluding hydrogens is 416 g/mol. The molecule has 0 aliphatic heterocycles. The molecule has 0 aliphatic rings. The zero-order valence-corrected chi connectivity index (χ0v) is 17.4. The Morgan fingerprint density at radius 3 is 1.47 bits per heavy atom. The van der Waals surface area contributed by atoms with E-state index in [0.717, 1.165) is 12.8 Å². The number of unbranched alkanes of at least 4 members (excludes halogenated alkanes) is 3. The van der Waals surface area contributed by atoms with Gasteiger partial charge in [-0.1, -0.05) is 12.8 Å². The summed E-state index contributed by atoms with van der Waals surface area (Å²) in [5.41, 5.74) is 5.47. The molecule has 0 aromatic heterocycles. The predicted octanol–water partition coefficient (Wildman–Crippen LogP) is 2.45. The van der Waals surface area contributed by atoms with E-state index in [1.54, 1.807) is 0 Å². The predicted molar refractivity (Wildman–Crippen MR) is 119 cm³/mol. The van der Waals surface area contributed by atoms with Gasteiger partial charge in [0.25, 0.3) is 0 Å². The zero-order valence-electron chi connectivity index (χ0n) is 17.4. The van der Waals surface area contributed by atoms with E-state index in [0.29, 0.717) is 24.0 Å². The SMILES string of the molecule is O=C(CCCCCCC(=O)N/N=C\c1ccc(O)cc1O)N/N=C\c1ccc(O)cc1O. The smallest absolute Gasteiger partial charge is 0.240 e. The number of phenolic OH excluding ortho intramolecular Hbond substituents is 4. The van der Waals surface area contributed by atoms with Crippen LogP contribution in [0.1, 0.15) is 49.7 Å². The normalized spacial score (nSPS) is 11.1. The van der Waals surface area contributed by atoms with Gasteiger partial charge in [0.1, 0.15) is 23.0 Å². The Morgan fingerprint density at radius 2 is 1.09 bits per heavy atom. The molecule has 2 rings (SSSR count). The molecule has 0 heterocycles.